The standard InChI is InChI=1S/C58H37NS/c1-2-12-44-36-46(27-20-38(44)10-1)49-13-5-7-18-55(49)59(48-34-30-41(31-35-48)51-16-9-17-53-52-15-6-8-19-56(52)60-58(51)53)47-32-28-39(29-33-47)45-26-23-42-22-25-43-24-21-40-11-3-4-14-50(40)57(43)54(42)37-45/h1-37H. The van der Waals surface area contributed by atoms with Gasteiger partial charge in [-0.3, -0.25) is 0 Å². The summed E-state index contributed by atoms with van der Waals surface area (Å²) >= 11 is 1.88. The first-order chi connectivity index (χ1) is 29.7. The van der Waals surface area contributed by atoms with Crippen LogP contribution in [0, 0.1) is 0 Å². The molecule has 0 atom stereocenters. The predicted molar refractivity (Wildman–Crippen MR) is 260 cm³/mol. The van der Waals surface area contributed by atoms with Crippen molar-refractivity contribution in [3.8, 4) is 33.4 Å². The topological polar surface area (TPSA) is 3.24 Å². The maximum absolute atomic E-state index is 2.41. The Hall–Kier alpha value is -7.52. The Labute approximate surface area is 352 Å². The van der Waals surface area contributed by atoms with E-state index in [2.05, 4.69) is 229 Å². The molecule has 0 aliphatic rings. The van der Waals surface area contributed by atoms with Crippen LogP contribution >= 0.6 is 11.3 Å². The molecule has 0 unspecified atom stereocenters. The van der Waals surface area contributed by atoms with Gasteiger partial charge in [-0.15, -0.1) is 11.3 Å². The number of fused-ring (bicyclic) bond motifs is 9. The van der Waals surface area contributed by atoms with Gasteiger partial charge in [0.05, 0.1) is 5.69 Å². The lowest BCUT2D eigenvalue weighted by Gasteiger charge is -2.28. The summed E-state index contributed by atoms with van der Waals surface area (Å²) in [4.78, 5) is 2.41. The number of thiophene rings is 1. The quantitative estimate of drug-likeness (QED) is 0.152. The Balaban J connectivity index is 0.987. The average Bonchev–Trinajstić information content (AvgIpc) is 3.71. The van der Waals surface area contributed by atoms with E-state index in [-0.39, 0.29) is 0 Å². The van der Waals surface area contributed by atoms with Crippen molar-refractivity contribution in [3.63, 3.8) is 0 Å². The Kier molecular flexibility index (Phi) is 8.11. The Morgan fingerprint density at radius 3 is 1.67 bits per heavy atom. The monoisotopic (exact) mass is 779 g/mol. The van der Waals surface area contributed by atoms with Crippen LogP contribution in [0.3, 0.4) is 0 Å². The summed E-state index contributed by atoms with van der Waals surface area (Å²) in [5.41, 5.74) is 10.6. The van der Waals surface area contributed by atoms with Gasteiger partial charge in [-0.2, -0.15) is 0 Å². The second kappa shape index (κ2) is 14.1. The molecule has 1 nitrogen and oxygen atoms in total. The Morgan fingerprint density at radius 2 is 0.850 bits per heavy atom. The predicted octanol–water partition coefficient (Wildman–Crippen LogP) is 17.1. The first-order valence-electron chi connectivity index (χ1n) is 20.6. The minimum Gasteiger partial charge on any atom is -0.310 e. The van der Waals surface area contributed by atoms with Crippen LogP contribution in [0.5, 0.6) is 0 Å². The van der Waals surface area contributed by atoms with Gasteiger partial charge in [-0.25, -0.2) is 0 Å². The van der Waals surface area contributed by atoms with Gasteiger partial charge in [0, 0.05) is 37.1 Å². The minimum atomic E-state index is 1.10. The molecule has 0 saturated heterocycles. The minimum absolute atomic E-state index is 1.10. The third-order valence-electron chi connectivity index (χ3n) is 12.2. The van der Waals surface area contributed by atoms with Crippen LogP contribution in [0.25, 0.3) is 96.6 Å². The van der Waals surface area contributed by atoms with Crippen molar-refractivity contribution in [3.05, 3.63) is 224 Å². The number of benzene rings is 11. The molecule has 1 heterocycles. The van der Waals surface area contributed by atoms with Crippen LogP contribution in [0.1, 0.15) is 0 Å². The Morgan fingerprint density at radius 1 is 0.300 bits per heavy atom. The van der Waals surface area contributed by atoms with E-state index in [1.54, 1.807) is 0 Å². The second-order valence-electron chi connectivity index (χ2n) is 15.7. The second-order valence-corrected chi connectivity index (χ2v) is 16.7. The van der Waals surface area contributed by atoms with Gasteiger partial charge in [0.2, 0.25) is 0 Å². The average molecular weight is 780 g/mol. The lowest BCUT2D eigenvalue weighted by molar-refractivity contribution is 1.28. The molecule has 60 heavy (non-hydrogen) atoms. The fourth-order valence-corrected chi connectivity index (χ4v) is 10.5. The maximum atomic E-state index is 2.41. The number of anilines is 3. The molecule has 12 rings (SSSR count). The van der Waals surface area contributed by atoms with Crippen molar-refractivity contribution in [1.29, 1.82) is 0 Å². The highest BCUT2D eigenvalue weighted by molar-refractivity contribution is 7.26. The van der Waals surface area contributed by atoms with Crippen LogP contribution in [-0.2, 0) is 0 Å². The van der Waals surface area contributed by atoms with Crippen LogP contribution in [0.15, 0.2) is 224 Å². The molecule has 0 N–H and O–H groups in total. The maximum Gasteiger partial charge on any atom is 0.0540 e. The fraction of sp³-hybridized carbons (Fsp3) is 0. The molecule has 0 spiro atoms. The summed E-state index contributed by atoms with van der Waals surface area (Å²) in [5.74, 6) is 0. The molecule has 0 bridgehead atoms. The van der Waals surface area contributed by atoms with Crippen molar-refractivity contribution in [2.45, 2.75) is 0 Å². The van der Waals surface area contributed by atoms with E-state index in [4.69, 9.17) is 0 Å². The number of hydrogen-bond donors (Lipinski definition) is 0. The van der Waals surface area contributed by atoms with E-state index in [1.807, 2.05) is 11.3 Å². The highest BCUT2D eigenvalue weighted by atomic mass is 32.1. The van der Waals surface area contributed by atoms with E-state index < -0.39 is 0 Å². The largest absolute Gasteiger partial charge is 0.310 e. The highest BCUT2D eigenvalue weighted by Crippen LogP contribution is 2.44. The van der Waals surface area contributed by atoms with Gasteiger partial charge in [-0.05, 0) is 119 Å². The molecule has 11 aromatic carbocycles. The third kappa shape index (κ3) is 5.76. The zero-order valence-corrected chi connectivity index (χ0v) is 33.5. The molecule has 12 aromatic rings. The summed E-state index contributed by atoms with van der Waals surface area (Å²) in [6.07, 6.45) is 0. The molecule has 0 amide bonds. The zero-order chi connectivity index (χ0) is 39.6. The summed E-state index contributed by atoms with van der Waals surface area (Å²) < 4.78 is 2.65. The van der Waals surface area contributed by atoms with E-state index in [1.165, 1.54) is 96.6 Å². The molecule has 1 aromatic heterocycles. The van der Waals surface area contributed by atoms with Crippen molar-refractivity contribution in [2.24, 2.45) is 0 Å². The summed E-state index contributed by atoms with van der Waals surface area (Å²) in [6.45, 7) is 0. The van der Waals surface area contributed by atoms with Crippen LogP contribution in [-0.4, -0.2) is 0 Å². The lowest BCUT2D eigenvalue weighted by Crippen LogP contribution is -2.11. The van der Waals surface area contributed by atoms with Gasteiger partial charge >= 0.3 is 0 Å². The smallest absolute Gasteiger partial charge is 0.0540 e. The number of nitrogens with zero attached hydrogens (tertiary/aromatic N) is 1. The molecular formula is C58H37NS. The lowest BCUT2D eigenvalue weighted by atomic mass is 9.94. The SMILES string of the molecule is c1ccc(N(c2ccc(-c3ccc4ccc5ccc6ccccc6c5c4c3)cc2)c2ccc(-c3cccc4c3sc3ccccc34)cc2)c(-c2ccc3ccccc3c2)c1. The molecule has 0 radical (unpaired) electrons. The van der Waals surface area contributed by atoms with Gasteiger partial charge in [0.1, 0.15) is 0 Å². The summed E-state index contributed by atoms with van der Waals surface area (Å²) in [7, 11) is 0. The first kappa shape index (κ1) is 34.5. The molecule has 0 aliphatic heterocycles. The van der Waals surface area contributed by atoms with Gasteiger partial charge in [-0.1, -0.05) is 176 Å². The number of rotatable bonds is 6. The van der Waals surface area contributed by atoms with E-state index in [9.17, 15) is 0 Å². The van der Waals surface area contributed by atoms with E-state index in [0.29, 0.717) is 0 Å². The molecule has 0 fully saturated rings. The van der Waals surface area contributed by atoms with Crippen LogP contribution in [0.4, 0.5) is 17.1 Å². The highest BCUT2D eigenvalue weighted by Gasteiger charge is 2.19. The van der Waals surface area contributed by atoms with E-state index >= 15 is 0 Å². The van der Waals surface area contributed by atoms with Gasteiger partial charge in [0.25, 0.3) is 0 Å². The normalized spacial score (nSPS) is 11.7. The van der Waals surface area contributed by atoms with Crippen molar-refractivity contribution >= 4 is 91.7 Å². The molecule has 280 valence electrons. The van der Waals surface area contributed by atoms with Crippen LogP contribution in [0.2, 0.25) is 0 Å². The number of para-hydroxylation sites is 1. The third-order valence-corrected chi connectivity index (χ3v) is 13.5. The van der Waals surface area contributed by atoms with Crippen LogP contribution < -0.4 is 4.90 Å². The molecule has 2 heteroatoms. The molecule has 0 saturated carbocycles. The first-order valence-corrected chi connectivity index (χ1v) is 21.4. The zero-order valence-electron chi connectivity index (χ0n) is 32.7. The Bertz CT molecular complexity index is 3590. The fourth-order valence-electron chi connectivity index (χ4n) is 9.27. The summed E-state index contributed by atoms with van der Waals surface area (Å²) in [6, 6.07) is 82.5. The molecule has 0 aliphatic carbocycles. The van der Waals surface area contributed by atoms with Crippen molar-refractivity contribution < 1.29 is 0 Å². The molecular weight excluding hydrogens is 743 g/mol. The van der Waals surface area contributed by atoms with Gasteiger partial charge in [0.15, 0.2) is 0 Å². The number of hydrogen-bond acceptors (Lipinski definition) is 2. The van der Waals surface area contributed by atoms with Crippen molar-refractivity contribution in [1.82, 2.24) is 0 Å². The van der Waals surface area contributed by atoms with Gasteiger partial charge < -0.3 is 4.90 Å². The summed E-state index contributed by atoms with van der Waals surface area (Å²) in [5, 5.41) is 12.8. The van der Waals surface area contributed by atoms with E-state index in [0.717, 1.165) is 17.1 Å². The van der Waals surface area contributed by atoms with Crippen molar-refractivity contribution in [2.75, 3.05) is 4.90 Å².